The topological polar surface area (TPSA) is 35.5 Å². The summed E-state index contributed by atoms with van der Waals surface area (Å²) in [6, 6.07) is 9.74. The number of carbonyl (C=O) groups excluding carboxylic acids is 1. The summed E-state index contributed by atoms with van der Waals surface area (Å²) in [5.41, 5.74) is 0. The van der Waals surface area contributed by atoms with Crippen molar-refractivity contribution in [1.82, 2.24) is 0 Å². The fraction of sp³-hybridized carbons (Fsp3) is 0.357. The van der Waals surface area contributed by atoms with Gasteiger partial charge >= 0.3 is 5.97 Å². The molecule has 1 aromatic rings. The molecule has 0 bridgehead atoms. The average Bonchev–Trinajstić information content (AvgIpc) is 2.33. The van der Waals surface area contributed by atoms with Crippen LogP contribution in [0.1, 0.15) is 20.8 Å². The van der Waals surface area contributed by atoms with Crippen molar-refractivity contribution in [1.29, 1.82) is 0 Å². The maximum absolute atomic E-state index is 11.9. The van der Waals surface area contributed by atoms with Crippen LogP contribution in [0, 0.1) is 5.92 Å². The van der Waals surface area contributed by atoms with Crippen LogP contribution < -0.4 is 0 Å². The third-order valence-corrected chi connectivity index (χ3v) is 3.54. The number of allylic oxidation sites excluding steroid dienone is 1. The fourth-order valence-electron chi connectivity index (χ4n) is 1.66. The van der Waals surface area contributed by atoms with Crippen molar-refractivity contribution in [2.75, 3.05) is 0 Å². The zero-order valence-corrected chi connectivity index (χ0v) is 11.5. The summed E-state index contributed by atoms with van der Waals surface area (Å²) in [6.45, 7) is 5.74. The van der Waals surface area contributed by atoms with Crippen LogP contribution in [0.25, 0.3) is 0 Å². The van der Waals surface area contributed by atoms with Gasteiger partial charge < -0.3 is 9.47 Å². The molecule has 0 fully saturated rings. The Hall–Kier alpha value is -1.42. The molecule has 0 amide bonds. The minimum atomic E-state index is -0.505. The monoisotopic (exact) mass is 264 g/mol. The van der Waals surface area contributed by atoms with Gasteiger partial charge in [0.15, 0.2) is 0 Å². The lowest BCUT2D eigenvalue weighted by Crippen LogP contribution is -2.27. The molecule has 0 saturated heterocycles. The maximum atomic E-state index is 11.9. The quantitative estimate of drug-likeness (QED) is 0.782. The Kier molecular flexibility index (Phi) is 3.97. The Balaban J connectivity index is 2.31. The summed E-state index contributed by atoms with van der Waals surface area (Å²) >= 11 is 1.39. The molecule has 1 heterocycles. The molecule has 4 heteroatoms. The number of hydrogen-bond acceptors (Lipinski definition) is 4. The summed E-state index contributed by atoms with van der Waals surface area (Å²) in [6.07, 6.45) is -0.505. The minimum Gasteiger partial charge on any atom is -0.458 e. The molecule has 1 aliphatic rings. The molecular formula is C14H16O3S. The second-order valence-corrected chi connectivity index (χ2v) is 5.44. The first-order valence-corrected chi connectivity index (χ1v) is 6.74. The summed E-state index contributed by atoms with van der Waals surface area (Å²) in [5, 5.41) is 0. The van der Waals surface area contributed by atoms with Crippen molar-refractivity contribution in [3.63, 3.8) is 0 Å². The smallest absolute Gasteiger partial charge is 0.351 e. The third kappa shape index (κ3) is 2.88. The lowest BCUT2D eigenvalue weighted by atomic mass is 10.1. The van der Waals surface area contributed by atoms with E-state index in [1.54, 1.807) is 6.92 Å². The van der Waals surface area contributed by atoms with Crippen molar-refractivity contribution in [3.8, 4) is 0 Å². The molecule has 0 aliphatic carbocycles. The van der Waals surface area contributed by atoms with Crippen LogP contribution in [0.4, 0.5) is 0 Å². The molecule has 0 saturated carbocycles. The average molecular weight is 264 g/mol. The van der Waals surface area contributed by atoms with Gasteiger partial charge in [0.05, 0.1) is 0 Å². The molecule has 18 heavy (non-hydrogen) atoms. The standard InChI is InChI=1S/C14H16O3S/c1-9(2)12-13(14(15)17-10(3)16-12)18-11-7-5-4-6-8-11/h4-10H,1-3H3. The first-order chi connectivity index (χ1) is 8.58. The van der Waals surface area contributed by atoms with Crippen molar-refractivity contribution >= 4 is 17.7 Å². The predicted octanol–water partition coefficient (Wildman–Crippen LogP) is 3.57. The summed E-state index contributed by atoms with van der Waals surface area (Å²) in [7, 11) is 0. The zero-order valence-electron chi connectivity index (χ0n) is 10.7. The van der Waals surface area contributed by atoms with E-state index in [1.165, 1.54) is 11.8 Å². The fourth-order valence-corrected chi connectivity index (χ4v) is 2.70. The van der Waals surface area contributed by atoms with E-state index in [0.29, 0.717) is 10.7 Å². The van der Waals surface area contributed by atoms with Gasteiger partial charge in [-0.05, 0) is 12.1 Å². The SMILES string of the molecule is CC1OC(=O)C(Sc2ccccc2)=C(C(C)C)O1. The van der Waals surface area contributed by atoms with Gasteiger partial charge in [0.1, 0.15) is 10.7 Å². The maximum Gasteiger partial charge on any atom is 0.351 e. The van der Waals surface area contributed by atoms with Crippen molar-refractivity contribution < 1.29 is 14.3 Å². The Morgan fingerprint density at radius 3 is 2.44 bits per heavy atom. The Morgan fingerprint density at radius 2 is 1.83 bits per heavy atom. The number of hydrogen-bond donors (Lipinski definition) is 0. The van der Waals surface area contributed by atoms with Crippen molar-refractivity contribution in [3.05, 3.63) is 41.0 Å². The molecule has 0 radical (unpaired) electrons. The van der Waals surface area contributed by atoms with E-state index in [1.807, 2.05) is 44.2 Å². The number of benzene rings is 1. The van der Waals surface area contributed by atoms with E-state index in [4.69, 9.17) is 9.47 Å². The number of esters is 1. The van der Waals surface area contributed by atoms with Crippen LogP contribution in [0.3, 0.4) is 0 Å². The van der Waals surface area contributed by atoms with E-state index in [0.717, 1.165) is 4.90 Å². The lowest BCUT2D eigenvalue weighted by Gasteiger charge is -2.27. The van der Waals surface area contributed by atoms with Gasteiger partial charge in [0, 0.05) is 17.7 Å². The normalized spacial score (nSPS) is 19.8. The number of thioether (sulfide) groups is 1. The highest BCUT2D eigenvalue weighted by atomic mass is 32.2. The molecule has 96 valence electrons. The highest BCUT2D eigenvalue weighted by Crippen LogP contribution is 2.36. The predicted molar refractivity (Wildman–Crippen MR) is 70.8 cm³/mol. The minimum absolute atomic E-state index is 0.159. The second-order valence-electron chi connectivity index (χ2n) is 4.35. The molecular weight excluding hydrogens is 248 g/mol. The molecule has 3 nitrogen and oxygen atoms in total. The molecule has 2 rings (SSSR count). The van der Waals surface area contributed by atoms with E-state index in [9.17, 15) is 4.79 Å². The van der Waals surface area contributed by atoms with E-state index in [-0.39, 0.29) is 11.9 Å². The van der Waals surface area contributed by atoms with E-state index in [2.05, 4.69) is 0 Å². The zero-order chi connectivity index (χ0) is 13.1. The largest absolute Gasteiger partial charge is 0.458 e. The summed E-state index contributed by atoms with van der Waals surface area (Å²) in [4.78, 5) is 13.5. The molecule has 0 aromatic heterocycles. The number of cyclic esters (lactones) is 1. The van der Waals surface area contributed by atoms with Gasteiger partial charge in [-0.2, -0.15) is 0 Å². The molecule has 0 spiro atoms. The molecule has 0 N–H and O–H groups in total. The van der Waals surface area contributed by atoms with E-state index < -0.39 is 6.29 Å². The van der Waals surface area contributed by atoms with Crippen LogP contribution in [0.2, 0.25) is 0 Å². The highest BCUT2D eigenvalue weighted by Gasteiger charge is 2.30. The third-order valence-electron chi connectivity index (χ3n) is 2.46. The number of carbonyl (C=O) groups is 1. The van der Waals surface area contributed by atoms with Gasteiger partial charge in [-0.1, -0.05) is 43.8 Å². The molecule has 1 atom stereocenters. The van der Waals surface area contributed by atoms with Gasteiger partial charge in [0.2, 0.25) is 6.29 Å². The van der Waals surface area contributed by atoms with Crippen molar-refractivity contribution in [2.24, 2.45) is 5.92 Å². The second kappa shape index (κ2) is 5.48. The Morgan fingerprint density at radius 1 is 1.17 bits per heavy atom. The van der Waals surface area contributed by atoms with Crippen molar-refractivity contribution in [2.45, 2.75) is 32.0 Å². The van der Waals surface area contributed by atoms with Crippen LogP contribution >= 0.6 is 11.8 Å². The lowest BCUT2D eigenvalue weighted by molar-refractivity contribution is -0.170. The van der Waals surface area contributed by atoms with Crippen LogP contribution in [-0.2, 0) is 14.3 Å². The van der Waals surface area contributed by atoms with Gasteiger partial charge in [-0.15, -0.1) is 0 Å². The Bertz CT molecular complexity index is 465. The molecule has 1 unspecified atom stereocenters. The van der Waals surface area contributed by atoms with Crippen LogP contribution in [0.5, 0.6) is 0 Å². The van der Waals surface area contributed by atoms with Gasteiger partial charge in [-0.3, -0.25) is 0 Å². The van der Waals surface area contributed by atoms with E-state index >= 15 is 0 Å². The highest BCUT2D eigenvalue weighted by molar-refractivity contribution is 8.04. The molecule has 1 aliphatic heterocycles. The first-order valence-electron chi connectivity index (χ1n) is 5.92. The summed E-state index contributed by atoms with van der Waals surface area (Å²) < 4.78 is 10.7. The summed E-state index contributed by atoms with van der Waals surface area (Å²) in [5.74, 6) is 0.574. The van der Waals surface area contributed by atoms with Gasteiger partial charge in [0.25, 0.3) is 0 Å². The number of rotatable bonds is 3. The molecule has 1 aromatic carbocycles. The number of ether oxygens (including phenoxy) is 2. The van der Waals surface area contributed by atoms with Gasteiger partial charge in [-0.25, -0.2) is 4.79 Å². The van der Waals surface area contributed by atoms with Crippen LogP contribution in [-0.4, -0.2) is 12.3 Å². The van der Waals surface area contributed by atoms with Crippen LogP contribution in [0.15, 0.2) is 45.9 Å². The first kappa shape index (κ1) is 13.0. The Labute approximate surface area is 111 Å².